The second-order valence-electron chi connectivity index (χ2n) is 14.0. The van der Waals surface area contributed by atoms with E-state index < -0.39 is 6.10 Å². The summed E-state index contributed by atoms with van der Waals surface area (Å²) in [6.45, 7) is 13.4. The van der Waals surface area contributed by atoms with Crippen molar-refractivity contribution in [2.75, 3.05) is 0 Å². The normalized spacial score (nSPS) is 28.9. The number of hydrogen-bond donors (Lipinski definition) is 2. The molecule has 0 aromatic rings. The summed E-state index contributed by atoms with van der Waals surface area (Å²) < 4.78 is 0. The molecule has 0 amide bonds. The van der Waals surface area contributed by atoms with Gasteiger partial charge < -0.3 is 10.2 Å². The van der Waals surface area contributed by atoms with E-state index in [-0.39, 0.29) is 12.0 Å². The highest BCUT2D eigenvalue weighted by atomic mass is 16.3. The Morgan fingerprint density at radius 1 is 0.821 bits per heavy atom. The summed E-state index contributed by atoms with van der Waals surface area (Å²) >= 11 is 0. The van der Waals surface area contributed by atoms with Gasteiger partial charge in [-0.3, -0.25) is 0 Å². The lowest BCUT2D eigenvalue weighted by atomic mass is 9.74. The molecule has 0 aromatic carbocycles. The molecule has 2 nitrogen and oxygen atoms in total. The van der Waals surface area contributed by atoms with E-state index in [1.54, 1.807) is 0 Å². The summed E-state index contributed by atoms with van der Waals surface area (Å²) in [6, 6.07) is 0. The van der Waals surface area contributed by atoms with Crippen LogP contribution in [0.2, 0.25) is 0 Å². The van der Waals surface area contributed by atoms with Crippen molar-refractivity contribution in [1.29, 1.82) is 0 Å². The Morgan fingerprint density at radius 3 is 2.28 bits per heavy atom. The maximum Gasteiger partial charge on any atom is 0.0818 e. The molecular weight excluding hydrogens is 476 g/mol. The molecule has 0 aromatic heterocycles. The predicted molar refractivity (Wildman–Crippen MR) is 167 cm³/mol. The topological polar surface area (TPSA) is 40.5 Å². The highest BCUT2D eigenvalue weighted by Gasteiger charge is 2.33. The molecule has 4 aliphatic carbocycles. The molecule has 3 fully saturated rings. The number of allylic oxidation sites excluding steroid dienone is 3. The average Bonchev–Trinajstić information content (AvgIpc) is 3.19. The molecule has 0 heterocycles. The van der Waals surface area contributed by atoms with Gasteiger partial charge in [0.05, 0.1) is 12.2 Å². The first-order valence-electron chi connectivity index (χ1n) is 17.0. The molecule has 6 unspecified atom stereocenters. The highest BCUT2D eigenvalue weighted by Crippen LogP contribution is 2.43. The van der Waals surface area contributed by atoms with Gasteiger partial charge in [-0.2, -0.15) is 0 Å². The van der Waals surface area contributed by atoms with Gasteiger partial charge in [0.25, 0.3) is 0 Å². The van der Waals surface area contributed by atoms with E-state index in [1.165, 1.54) is 114 Å². The van der Waals surface area contributed by atoms with Gasteiger partial charge in [-0.05, 0) is 113 Å². The quantitative estimate of drug-likeness (QED) is 0.230. The van der Waals surface area contributed by atoms with Crippen molar-refractivity contribution in [1.82, 2.24) is 0 Å². The van der Waals surface area contributed by atoms with E-state index >= 15 is 0 Å². The van der Waals surface area contributed by atoms with E-state index in [2.05, 4.69) is 25.8 Å². The van der Waals surface area contributed by atoms with Crippen LogP contribution < -0.4 is 0 Å². The molecule has 0 bridgehead atoms. The van der Waals surface area contributed by atoms with Gasteiger partial charge in [0, 0.05) is 5.92 Å². The Morgan fingerprint density at radius 2 is 1.54 bits per heavy atom. The third kappa shape index (κ3) is 9.19. The van der Waals surface area contributed by atoms with E-state index in [0.29, 0.717) is 11.8 Å². The summed E-state index contributed by atoms with van der Waals surface area (Å²) in [5.74, 6) is 2.80. The number of aliphatic hydroxyl groups is 2. The van der Waals surface area contributed by atoms with Gasteiger partial charge in [-0.25, -0.2) is 0 Å². The van der Waals surface area contributed by atoms with E-state index in [0.717, 1.165) is 61.5 Å². The van der Waals surface area contributed by atoms with Crippen LogP contribution in [0, 0.1) is 29.6 Å². The molecule has 2 heteroatoms. The van der Waals surface area contributed by atoms with Crippen LogP contribution in [-0.4, -0.2) is 22.4 Å². The van der Waals surface area contributed by atoms with Crippen molar-refractivity contribution < 1.29 is 10.2 Å². The first-order chi connectivity index (χ1) is 18.9. The van der Waals surface area contributed by atoms with Crippen LogP contribution in [0.1, 0.15) is 141 Å². The van der Waals surface area contributed by atoms with E-state index in [9.17, 15) is 10.2 Å². The van der Waals surface area contributed by atoms with Crippen LogP contribution >= 0.6 is 0 Å². The second-order valence-corrected chi connectivity index (χ2v) is 14.0. The van der Waals surface area contributed by atoms with Crippen LogP contribution in [-0.2, 0) is 0 Å². The zero-order chi connectivity index (χ0) is 27.6. The molecular formula is C37H60O2. The van der Waals surface area contributed by atoms with Crippen molar-refractivity contribution in [3.8, 4) is 0 Å². The molecule has 220 valence electrons. The molecule has 0 spiro atoms. The molecule has 2 N–H and O–H groups in total. The van der Waals surface area contributed by atoms with Crippen molar-refractivity contribution in [2.45, 2.75) is 153 Å². The number of rotatable bonds is 13. The summed E-state index contributed by atoms with van der Waals surface area (Å²) in [7, 11) is 0. The van der Waals surface area contributed by atoms with Gasteiger partial charge in [-0.15, -0.1) is 0 Å². The lowest BCUT2D eigenvalue weighted by Gasteiger charge is -2.33. The minimum absolute atomic E-state index is 0.0422. The smallest absolute Gasteiger partial charge is 0.0818 e. The van der Waals surface area contributed by atoms with Crippen LogP contribution in [0.4, 0.5) is 0 Å². The number of fused-ring (bicyclic) bond motifs is 1. The Labute approximate surface area is 241 Å². The summed E-state index contributed by atoms with van der Waals surface area (Å²) in [4.78, 5) is 0. The first kappa shape index (κ1) is 30.8. The van der Waals surface area contributed by atoms with E-state index in [4.69, 9.17) is 0 Å². The minimum atomic E-state index is -0.503. The van der Waals surface area contributed by atoms with Crippen LogP contribution in [0.3, 0.4) is 0 Å². The maximum absolute atomic E-state index is 11.6. The molecule has 0 aliphatic heterocycles. The monoisotopic (exact) mass is 536 g/mol. The Hall–Kier alpha value is -1.12. The van der Waals surface area contributed by atoms with Gasteiger partial charge >= 0.3 is 0 Å². The fourth-order valence-corrected chi connectivity index (χ4v) is 8.64. The van der Waals surface area contributed by atoms with Crippen molar-refractivity contribution in [3.63, 3.8) is 0 Å². The Balaban J connectivity index is 1.27. The zero-order valence-electron chi connectivity index (χ0n) is 25.2. The van der Waals surface area contributed by atoms with Gasteiger partial charge in [0.2, 0.25) is 0 Å². The van der Waals surface area contributed by atoms with Crippen molar-refractivity contribution in [2.24, 2.45) is 29.6 Å². The molecule has 0 saturated heterocycles. The lowest BCUT2D eigenvalue weighted by molar-refractivity contribution is 0.0734. The number of hydrogen-bond acceptors (Lipinski definition) is 2. The maximum atomic E-state index is 11.6. The second kappa shape index (κ2) is 15.8. The third-order valence-corrected chi connectivity index (χ3v) is 11.2. The summed E-state index contributed by atoms with van der Waals surface area (Å²) in [5, 5.41) is 22.7. The highest BCUT2D eigenvalue weighted by molar-refractivity contribution is 5.23. The summed E-state index contributed by atoms with van der Waals surface area (Å²) in [6.07, 6.45) is 28.2. The largest absolute Gasteiger partial charge is 0.393 e. The SMILES string of the molecule is C=C(CCCC(O)C1CCCC2CCCCC2C1)CC(=C)C(CC1=CCCCC1)C(O)C(=C)C1CCCCC1. The van der Waals surface area contributed by atoms with E-state index in [1.807, 2.05) is 0 Å². The van der Waals surface area contributed by atoms with Crippen LogP contribution in [0.5, 0.6) is 0 Å². The van der Waals surface area contributed by atoms with Crippen molar-refractivity contribution in [3.05, 3.63) is 48.1 Å². The molecule has 4 rings (SSSR count). The van der Waals surface area contributed by atoms with Crippen LogP contribution in [0.25, 0.3) is 0 Å². The molecule has 3 saturated carbocycles. The first-order valence-corrected chi connectivity index (χ1v) is 17.0. The lowest BCUT2D eigenvalue weighted by Crippen LogP contribution is -2.29. The minimum Gasteiger partial charge on any atom is -0.393 e. The summed E-state index contributed by atoms with van der Waals surface area (Å²) in [5.41, 5.74) is 4.89. The fraction of sp³-hybridized carbons (Fsp3) is 0.784. The van der Waals surface area contributed by atoms with Gasteiger partial charge in [-0.1, -0.05) is 100 Å². The Bertz CT molecular complexity index is 830. The molecule has 4 aliphatic rings. The standard InChI is InChI=1S/C37H60O2/c1-27(14-12-23-36(38)34-22-13-21-32-19-10-11-20-33(32)26-34)24-28(2)35(25-30-15-6-4-7-16-30)37(39)29(3)31-17-8-5-9-18-31/h15,31-39H,1-14,16-26H2. The number of aliphatic hydroxyl groups excluding tert-OH is 2. The predicted octanol–water partition coefficient (Wildman–Crippen LogP) is 10.0. The zero-order valence-corrected chi connectivity index (χ0v) is 25.2. The molecule has 6 atom stereocenters. The third-order valence-electron chi connectivity index (χ3n) is 11.2. The Kier molecular flexibility index (Phi) is 12.5. The van der Waals surface area contributed by atoms with Crippen LogP contribution in [0.15, 0.2) is 48.1 Å². The van der Waals surface area contributed by atoms with Gasteiger partial charge in [0.15, 0.2) is 0 Å². The fourth-order valence-electron chi connectivity index (χ4n) is 8.64. The molecule has 0 radical (unpaired) electrons. The van der Waals surface area contributed by atoms with Crippen molar-refractivity contribution >= 4 is 0 Å². The molecule has 39 heavy (non-hydrogen) atoms. The average molecular weight is 537 g/mol. The van der Waals surface area contributed by atoms with Gasteiger partial charge in [0.1, 0.15) is 0 Å².